The number of hydrogen-bond donors (Lipinski definition) is 17. The third-order valence-corrected chi connectivity index (χ3v) is 18.8. The zero-order chi connectivity index (χ0) is 72.4. The van der Waals surface area contributed by atoms with Crippen molar-refractivity contribution in [3.8, 4) is 57.1 Å². The number of aromatic hydroxyl groups is 3. The van der Waals surface area contributed by atoms with E-state index in [0.29, 0.717) is 4.90 Å². The van der Waals surface area contributed by atoms with E-state index in [4.69, 9.17) is 57.4 Å². The lowest BCUT2D eigenvalue weighted by molar-refractivity contribution is -0.333. The van der Waals surface area contributed by atoms with E-state index in [2.05, 4.69) is 31.9 Å². The van der Waals surface area contributed by atoms with Crippen molar-refractivity contribution in [2.45, 2.75) is 156 Å². The van der Waals surface area contributed by atoms with Crippen LogP contribution >= 0.6 is 23.2 Å². The van der Waals surface area contributed by atoms with Crippen LogP contribution in [0.5, 0.6) is 46.0 Å². The van der Waals surface area contributed by atoms with Gasteiger partial charge in [0.1, 0.15) is 89.5 Å². The highest BCUT2D eigenvalue weighted by atomic mass is 35.5. The van der Waals surface area contributed by atoms with Crippen LogP contribution in [0.2, 0.25) is 10.0 Å². The number of imide groups is 1. The van der Waals surface area contributed by atoms with E-state index in [1.807, 2.05) is 13.8 Å². The van der Waals surface area contributed by atoms with E-state index >= 15 is 19.2 Å². The molecule has 8 aliphatic rings. The Bertz CT molecular complexity index is 4110. The number of amides is 7. The minimum atomic E-state index is -2.44. The first-order valence-corrected chi connectivity index (χ1v) is 32.3. The average molecular weight is 1430 g/mol. The number of carboxylic acids is 1. The Morgan fingerprint density at radius 3 is 1.99 bits per heavy atom. The summed E-state index contributed by atoms with van der Waals surface area (Å²) in [6, 6.07) is -0.397. The summed E-state index contributed by atoms with van der Waals surface area (Å²) in [6.07, 6.45) is -18.3. The Kier molecular flexibility index (Phi) is 20.6. The molecule has 0 spiro atoms. The molecule has 0 aliphatic carbocycles. The molecule has 0 radical (unpaired) electrons. The standard InChI is InChI=1S/C66H72Cl2N8O24/c1-23(2)12-34(70-5)58(87)74-48-51(82)26-7-10-38(32(67)14-26)96-40-16-28-17-41(55(40)100-65-56(54(85)53(84)42(22-77)98-65)99-44-21-66(4,69)57(86)24(3)95-44)97-39-11-8-27(15-33(39)68)52(83)49-61(90)73-47(64(93)94)31-18-29(78)19-37(80)45(31)30-13-25(6-9-36(30)79)46(59(88)75-49)72-62(91)50(28)76-43(81)20-35(63(76)92)71-60(48)89/h6-11,13-19,23-24,34-35,42,44,46-54,56-57,65,70,77-80,82-86H,12,20-22,69H2,1-5H3,(H,71,89)(H,72,91)(H,73,90)(H,74,87)(H,75,88)(H,93,94)/t24-,34-,35+,42+,44-,46-,47-,48-,49+,50-,51-,52-,53-,54+,56+,57-,65+,66+/m1/s1. The van der Waals surface area contributed by atoms with Crippen LogP contribution < -0.4 is 51.8 Å². The summed E-state index contributed by atoms with van der Waals surface area (Å²) in [5.41, 5.74) is 2.27. The molecule has 5 aromatic rings. The molecule has 534 valence electrons. The number of halogens is 2. The topological polar surface area (TPSA) is 496 Å². The first kappa shape index (κ1) is 72.3. The summed E-state index contributed by atoms with van der Waals surface area (Å²) in [5.74, 6) is -15.8. The molecule has 34 heteroatoms. The van der Waals surface area contributed by atoms with Crippen LogP contribution in [0.1, 0.15) is 105 Å². The Hall–Kier alpha value is -9.00. The van der Waals surface area contributed by atoms with Gasteiger partial charge in [-0.1, -0.05) is 55.2 Å². The van der Waals surface area contributed by atoms with Gasteiger partial charge in [-0.25, -0.2) is 4.79 Å². The van der Waals surface area contributed by atoms with Crippen LogP contribution in [0.3, 0.4) is 0 Å². The smallest absolute Gasteiger partial charge is 0.330 e. The van der Waals surface area contributed by atoms with Gasteiger partial charge in [0.15, 0.2) is 29.9 Å². The van der Waals surface area contributed by atoms with Crippen LogP contribution in [-0.4, -0.2) is 196 Å². The molecule has 3 fully saturated rings. The molecule has 13 bridgehead atoms. The van der Waals surface area contributed by atoms with Gasteiger partial charge in [0.2, 0.25) is 47.5 Å². The normalized spacial score (nSPS) is 30.2. The number of fused-ring (bicyclic) bond motifs is 12. The number of carbonyl (C=O) groups is 8. The van der Waals surface area contributed by atoms with Gasteiger partial charge in [0.25, 0.3) is 5.91 Å². The molecule has 32 nitrogen and oxygen atoms in total. The number of aliphatic hydroxyl groups is 6. The van der Waals surface area contributed by atoms with E-state index < -0.39 is 237 Å². The number of benzene rings is 5. The predicted molar refractivity (Wildman–Crippen MR) is 344 cm³/mol. The molecular formula is C66H72Cl2N8O24. The van der Waals surface area contributed by atoms with Crippen molar-refractivity contribution in [2.75, 3.05) is 13.7 Å². The molecule has 18 atom stereocenters. The van der Waals surface area contributed by atoms with Crippen LogP contribution in [0.4, 0.5) is 0 Å². The molecule has 13 rings (SSSR count). The number of aliphatic carboxylic acids is 1. The second-order valence-corrected chi connectivity index (χ2v) is 26.6. The molecule has 5 aromatic carbocycles. The molecule has 0 saturated carbocycles. The number of rotatable bonds is 11. The lowest BCUT2D eigenvalue weighted by Crippen LogP contribution is -2.64. The number of nitrogens with zero attached hydrogens (tertiary/aromatic N) is 1. The summed E-state index contributed by atoms with van der Waals surface area (Å²) in [4.78, 5) is 119. The summed E-state index contributed by atoms with van der Waals surface area (Å²) in [6.45, 7) is 5.70. The number of ether oxygens (including phenoxy) is 6. The van der Waals surface area contributed by atoms with Crippen LogP contribution in [-0.2, 0) is 52.6 Å². The number of nitrogens with one attached hydrogen (secondary N) is 6. The zero-order valence-electron chi connectivity index (χ0n) is 53.7. The number of phenolic OH excluding ortho intramolecular Hbond substituents is 3. The van der Waals surface area contributed by atoms with Gasteiger partial charge in [-0.15, -0.1) is 0 Å². The number of phenols is 3. The summed E-state index contributed by atoms with van der Waals surface area (Å²) >= 11 is 14.1. The number of aliphatic hydroxyl groups excluding tert-OH is 6. The van der Waals surface area contributed by atoms with Crippen molar-refractivity contribution < 1.29 is 118 Å². The van der Waals surface area contributed by atoms with Crippen molar-refractivity contribution in [1.29, 1.82) is 0 Å². The van der Waals surface area contributed by atoms with Crippen LogP contribution in [0.25, 0.3) is 11.1 Å². The number of carboxylic acid groups (broad SMARTS) is 1. The van der Waals surface area contributed by atoms with E-state index in [-0.39, 0.29) is 46.2 Å². The Morgan fingerprint density at radius 1 is 0.750 bits per heavy atom. The lowest BCUT2D eigenvalue weighted by Gasteiger charge is -2.47. The van der Waals surface area contributed by atoms with Crippen LogP contribution in [0, 0.1) is 5.92 Å². The zero-order valence-corrected chi connectivity index (χ0v) is 55.2. The van der Waals surface area contributed by atoms with E-state index in [9.17, 15) is 70.2 Å². The minimum Gasteiger partial charge on any atom is -0.508 e. The maximum atomic E-state index is 16.2. The van der Waals surface area contributed by atoms with E-state index in [0.717, 1.165) is 66.7 Å². The first-order valence-electron chi connectivity index (χ1n) is 31.5. The third-order valence-electron chi connectivity index (χ3n) is 18.2. The third kappa shape index (κ3) is 14.1. The molecule has 8 aliphatic heterocycles. The van der Waals surface area contributed by atoms with E-state index in [1.165, 1.54) is 33.0 Å². The number of nitrogens with two attached hydrogens (primary N) is 1. The van der Waals surface area contributed by atoms with Gasteiger partial charge >= 0.3 is 5.97 Å². The van der Waals surface area contributed by atoms with Gasteiger partial charge < -0.3 is 117 Å². The van der Waals surface area contributed by atoms with Crippen molar-refractivity contribution in [2.24, 2.45) is 11.7 Å². The van der Waals surface area contributed by atoms with Gasteiger partial charge in [-0.05, 0) is 110 Å². The maximum Gasteiger partial charge on any atom is 0.330 e. The number of likely N-dealkylation sites (N-methyl/N-ethyl adjacent to an activating group) is 1. The second kappa shape index (κ2) is 28.6. The second-order valence-electron chi connectivity index (χ2n) is 25.8. The minimum absolute atomic E-state index is 0.0749. The number of carbonyl (C=O) groups excluding carboxylic acids is 7. The lowest BCUT2D eigenvalue weighted by atomic mass is 9.86. The van der Waals surface area contributed by atoms with Gasteiger partial charge in [0.05, 0.1) is 41.3 Å². The molecule has 7 amide bonds. The highest BCUT2D eigenvalue weighted by Gasteiger charge is 2.53. The number of hydrogen-bond acceptors (Lipinski definition) is 25. The van der Waals surface area contributed by atoms with Crippen LogP contribution in [0.15, 0.2) is 78.9 Å². The predicted octanol–water partition coefficient (Wildman–Crippen LogP) is 0.874. The maximum absolute atomic E-state index is 16.2. The average Bonchev–Trinajstić information content (AvgIpc) is 0.857. The summed E-state index contributed by atoms with van der Waals surface area (Å²) in [5, 5.41) is 128. The molecule has 8 heterocycles. The highest BCUT2D eigenvalue weighted by molar-refractivity contribution is 6.32. The van der Waals surface area contributed by atoms with E-state index in [1.54, 1.807) is 0 Å². The summed E-state index contributed by atoms with van der Waals surface area (Å²) < 4.78 is 38.4. The molecular weight excluding hydrogens is 1360 g/mol. The molecule has 3 saturated heterocycles. The van der Waals surface area contributed by atoms with Crippen molar-refractivity contribution in [1.82, 2.24) is 36.8 Å². The van der Waals surface area contributed by atoms with Crippen molar-refractivity contribution in [3.05, 3.63) is 117 Å². The fraction of sp³-hybridized carbons (Fsp3) is 0.424. The highest BCUT2D eigenvalue weighted by Crippen LogP contribution is 2.51. The van der Waals surface area contributed by atoms with Gasteiger partial charge in [-0.3, -0.25) is 38.5 Å². The largest absolute Gasteiger partial charge is 0.508 e. The van der Waals surface area contributed by atoms with Gasteiger partial charge in [0, 0.05) is 34.7 Å². The SMILES string of the molecule is CN[C@H](CC(C)C)C(=O)N[C@H]1C(=O)N[C@H]2CC(=O)N(C2=O)[C@H]2C(=O)N[C@H]3C(=O)N[C@H](C(=O)N[C@@H](C(=O)O)c4cc(O)cc(O)c4-c4cc3ccc4O)[C@H](O)c3ccc(c(Cl)c3)Oc3cc2cc(c3O[C@@H]2O[C@@H](CO)[C@@H](O)[C@H](O)[C@@H]2O[C@@H]2C[C@](C)(N)[C@H](O)[C@@H](C)O2)Oc2ccc(cc2Cl)[C@H]1O. The molecule has 0 unspecified atom stereocenters. The first-order chi connectivity index (χ1) is 47.3. The molecule has 18 N–H and O–H groups in total. The monoisotopic (exact) mass is 1430 g/mol. The molecule has 100 heavy (non-hydrogen) atoms. The van der Waals surface area contributed by atoms with Gasteiger partial charge in [-0.2, -0.15) is 0 Å². The fourth-order valence-electron chi connectivity index (χ4n) is 13.0. The Labute approximate surface area is 578 Å². The van der Waals surface area contributed by atoms with Crippen molar-refractivity contribution >= 4 is 70.5 Å². The Morgan fingerprint density at radius 2 is 1.39 bits per heavy atom. The molecule has 0 aromatic heterocycles. The summed E-state index contributed by atoms with van der Waals surface area (Å²) in [7, 11) is 1.49. The Balaban J connectivity index is 1.17. The van der Waals surface area contributed by atoms with Crippen molar-refractivity contribution in [3.63, 3.8) is 0 Å². The fourth-order valence-corrected chi connectivity index (χ4v) is 13.4. The quantitative estimate of drug-likeness (QED) is 0.0816.